The van der Waals surface area contributed by atoms with Gasteiger partial charge in [0.25, 0.3) is 0 Å². The highest BCUT2D eigenvalue weighted by Crippen LogP contribution is 2.20. The Bertz CT molecular complexity index is 122. The molecule has 0 aliphatic heterocycles. The first-order valence-electron chi connectivity index (χ1n) is 5.36. The van der Waals surface area contributed by atoms with Gasteiger partial charge in [0.05, 0.1) is 0 Å². The van der Waals surface area contributed by atoms with Crippen molar-refractivity contribution in [3.8, 4) is 0 Å². The highest BCUT2D eigenvalue weighted by molar-refractivity contribution is 5.00. The van der Waals surface area contributed by atoms with Crippen LogP contribution in [-0.2, 0) is 0 Å². The zero-order chi connectivity index (χ0) is 9.40. The minimum absolute atomic E-state index is 0.933. The fourth-order valence-electron chi connectivity index (χ4n) is 1.35. The summed E-state index contributed by atoms with van der Waals surface area (Å²) in [6.45, 7) is 8.84. The highest BCUT2D eigenvalue weighted by atomic mass is 14.1. The van der Waals surface area contributed by atoms with E-state index in [4.69, 9.17) is 0 Å². The molecule has 0 heterocycles. The van der Waals surface area contributed by atoms with Gasteiger partial charge in [-0.2, -0.15) is 0 Å². The van der Waals surface area contributed by atoms with Crippen LogP contribution in [0.25, 0.3) is 0 Å². The summed E-state index contributed by atoms with van der Waals surface area (Å²) in [5, 5.41) is 0. The molecular weight excluding hydrogens is 144 g/mol. The van der Waals surface area contributed by atoms with E-state index in [1.165, 1.54) is 32.1 Å². The molecule has 0 saturated heterocycles. The molecule has 0 radical (unpaired) electrons. The Morgan fingerprint density at radius 1 is 1.42 bits per heavy atom. The molecule has 0 unspecified atom stereocenters. The molecule has 0 aromatic rings. The van der Waals surface area contributed by atoms with Gasteiger partial charge in [0.1, 0.15) is 0 Å². The average Bonchev–Trinajstić information content (AvgIpc) is 2.18. The monoisotopic (exact) mass is 168 g/mol. The van der Waals surface area contributed by atoms with Gasteiger partial charge in [-0.25, -0.2) is 0 Å². The van der Waals surface area contributed by atoms with Crippen molar-refractivity contribution in [2.75, 3.05) is 0 Å². The number of hydrogen-bond donors (Lipinski definition) is 0. The van der Waals surface area contributed by atoms with Gasteiger partial charge in [0.2, 0.25) is 0 Å². The van der Waals surface area contributed by atoms with Crippen LogP contribution in [-0.4, -0.2) is 0 Å². The quantitative estimate of drug-likeness (QED) is 0.465. The second kappa shape index (κ2) is 7.39. The molecule has 1 rings (SSSR count). The van der Waals surface area contributed by atoms with Crippen molar-refractivity contribution in [2.45, 2.75) is 59.8 Å². The van der Waals surface area contributed by atoms with E-state index in [-0.39, 0.29) is 0 Å². The SMILES string of the molecule is CC1=CC[C@H](C)CCC1.CCC. The van der Waals surface area contributed by atoms with Gasteiger partial charge in [0, 0.05) is 0 Å². The lowest BCUT2D eigenvalue weighted by Gasteiger charge is -2.01. The summed E-state index contributed by atoms with van der Waals surface area (Å²) in [5.74, 6) is 0.933. The minimum atomic E-state index is 0.933. The van der Waals surface area contributed by atoms with Gasteiger partial charge >= 0.3 is 0 Å². The standard InChI is InChI=1S/C9H16.C3H8/c1-8-4-3-5-9(2)7-6-8;1-3-2/h6,9H,3-5,7H2,1-2H3;3H2,1-2H3/t9-;/m1./s1. The first-order valence-corrected chi connectivity index (χ1v) is 5.36. The van der Waals surface area contributed by atoms with Gasteiger partial charge in [0.15, 0.2) is 0 Å². The Labute approximate surface area is 78.1 Å². The van der Waals surface area contributed by atoms with Crippen molar-refractivity contribution in [3.63, 3.8) is 0 Å². The molecule has 1 aliphatic rings. The summed E-state index contributed by atoms with van der Waals surface area (Å²) in [6.07, 6.45) is 9.13. The van der Waals surface area contributed by atoms with Crippen LogP contribution >= 0.6 is 0 Å². The average molecular weight is 168 g/mol. The van der Waals surface area contributed by atoms with Crippen LogP contribution in [0.2, 0.25) is 0 Å². The first-order chi connectivity index (χ1) is 5.70. The number of rotatable bonds is 0. The molecule has 0 aromatic heterocycles. The third-order valence-electron chi connectivity index (χ3n) is 2.14. The second-order valence-electron chi connectivity index (χ2n) is 3.99. The van der Waals surface area contributed by atoms with Crippen molar-refractivity contribution in [2.24, 2.45) is 5.92 Å². The van der Waals surface area contributed by atoms with Crippen LogP contribution in [0.15, 0.2) is 11.6 Å². The molecule has 0 bridgehead atoms. The van der Waals surface area contributed by atoms with E-state index in [2.05, 4.69) is 33.8 Å². The Kier molecular flexibility index (Phi) is 7.23. The zero-order valence-electron chi connectivity index (χ0n) is 9.19. The largest absolute Gasteiger partial charge is 0.0853 e. The van der Waals surface area contributed by atoms with Crippen molar-refractivity contribution >= 4 is 0 Å². The Morgan fingerprint density at radius 3 is 2.58 bits per heavy atom. The lowest BCUT2D eigenvalue weighted by atomic mass is 10.0. The van der Waals surface area contributed by atoms with Crippen LogP contribution in [0.5, 0.6) is 0 Å². The van der Waals surface area contributed by atoms with Crippen LogP contribution in [0.4, 0.5) is 0 Å². The molecule has 0 saturated carbocycles. The fraction of sp³-hybridized carbons (Fsp3) is 0.833. The van der Waals surface area contributed by atoms with E-state index in [9.17, 15) is 0 Å². The molecule has 72 valence electrons. The molecule has 0 aromatic carbocycles. The maximum Gasteiger partial charge on any atom is -0.0322 e. The van der Waals surface area contributed by atoms with Gasteiger partial charge < -0.3 is 0 Å². The molecular formula is C12H24. The van der Waals surface area contributed by atoms with E-state index in [1.807, 2.05) is 0 Å². The topological polar surface area (TPSA) is 0 Å². The van der Waals surface area contributed by atoms with Crippen LogP contribution in [0.1, 0.15) is 59.8 Å². The third-order valence-corrected chi connectivity index (χ3v) is 2.14. The summed E-state index contributed by atoms with van der Waals surface area (Å²) < 4.78 is 0. The smallest absolute Gasteiger partial charge is 0.0322 e. The maximum absolute atomic E-state index is 2.40. The van der Waals surface area contributed by atoms with Crippen molar-refractivity contribution < 1.29 is 0 Å². The van der Waals surface area contributed by atoms with E-state index in [0.717, 1.165) is 5.92 Å². The molecule has 0 spiro atoms. The Balaban J connectivity index is 0.000000354. The summed E-state index contributed by atoms with van der Waals surface area (Å²) in [7, 11) is 0. The molecule has 0 heteroatoms. The normalized spacial score (nSPS) is 23.3. The minimum Gasteiger partial charge on any atom is -0.0853 e. The zero-order valence-corrected chi connectivity index (χ0v) is 9.19. The fourth-order valence-corrected chi connectivity index (χ4v) is 1.35. The predicted molar refractivity (Wildman–Crippen MR) is 57.4 cm³/mol. The summed E-state index contributed by atoms with van der Waals surface area (Å²) >= 11 is 0. The molecule has 0 nitrogen and oxygen atoms in total. The van der Waals surface area contributed by atoms with E-state index >= 15 is 0 Å². The Hall–Kier alpha value is -0.260. The first kappa shape index (κ1) is 11.7. The van der Waals surface area contributed by atoms with Gasteiger partial charge in [-0.1, -0.05) is 45.3 Å². The summed E-state index contributed by atoms with van der Waals surface area (Å²) in [4.78, 5) is 0. The van der Waals surface area contributed by atoms with Gasteiger partial charge in [-0.05, 0) is 32.1 Å². The predicted octanol–water partition coefficient (Wildman–Crippen LogP) is 4.56. The van der Waals surface area contributed by atoms with Crippen LogP contribution in [0, 0.1) is 5.92 Å². The van der Waals surface area contributed by atoms with Crippen LogP contribution in [0.3, 0.4) is 0 Å². The third kappa shape index (κ3) is 6.45. The highest BCUT2D eigenvalue weighted by Gasteiger charge is 2.04. The Morgan fingerprint density at radius 2 is 2.00 bits per heavy atom. The maximum atomic E-state index is 2.40. The molecule has 1 aliphatic carbocycles. The molecule has 1 atom stereocenters. The molecule has 0 fully saturated rings. The van der Waals surface area contributed by atoms with Crippen LogP contribution < -0.4 is 0 Å². The lowest BCUT2D eigenvalue weighted by molar-refractivity contribution is 0.531. The summed E-state index contributed by atoms with van der Waals surface area (Å²) in [5.41, 5.74) is 1.60. The molecule has 0 N–H and O–H groups in total. The van der Waals surface area contributed by atoms with Gasteiger partial charge in [-0.3, -0.25) is 0 Å². The number of hydrogen-bond acceptors (Lipinski definition) is 0. The lowest BCUT2D eigenvalue weighted by Crippen LogP contribution is -1.88. The summed E-state index contributed by atoms with van der Waals surface area (Å²) in [6, 6.07) is 0. The van der Waals surface area contributed by atoms with Crippen molar-refractivity contribution in [1.29, 1.82) is 0 Å². The molecule has 0 amide bonds. The van der Waals surface area contributed by atoms with Crippen molar-refractivity contribution in [1.82, 2.24) is 0 Å². The van der Waals surface area contributed by atoms with Crippen molar-refractivity contribution in [3.05, 3.63) is 11.6 Å². The van der Waals surface area contributed by atoms with E-state index in [0.29, 0.717) is 0 Å². The molecule has 12 heavy (non-hydrogen) atoms. The number of allylic oxidation sites excluding steroid dienone is 2. The van der Waals surface area contributed by atoms with E-state index in [1.54, 1.807) is 5.57 Å². The second-order valence-corrected chi connectivity index (χ2v) is 3.99. The van der Waals surface area contributed by atoms with Gasteiger partial charge in [-0.15, -0.1) is 0 Å². The van der Waals surface area contributed by atoms with E-state index < -0.39 is 0 Å².